The second kappa shape index (κ2) is 9.66. The van der Waals surface area contributed by atoms with E-state index in [9.17, 15) is 14.9 Å². The molecule has 2 unspecified atom stereocenters. The third kappa shape index (κ3) is 5.52. The largest absolute Gasteiger partial charge is 0.351 e. The van der Waals surface area contributed by atoms with Crippen LogP contribution < -0.4 is 5.32 Å². The minimum absolute atomic E-state index is 0. The van der Waals surface area contributed by atoms with Gasteiger partial charge >= 0.3 is 0 Å². The molecule has 2 heterocycles. The number of hydrogen-bond donors (Lipinski definition) is 1. The maximum absolute atomic E-state index is 12.1. The third-order valence-corrected chi connectivity index (χ3v) is 5.21. The second-order valence-corrected chi connectivity index (χ2v) is 7.10. The van der Waals surface area contributed by atoms with Crippen LogP contribution >= 0.6 is 23.7 Å². The summed E-state index contributed by atoms with van der Waals surface area (Å²) in [5, 5.41) is 18.0. The average Bonchev–Trinajstić information content (AvgIpc) is 3.05. The van der Waals surface area contributed by atoms with Gasteiger partial charge in [-0.25, -0.2) is 0 Å². The molecule has 8 heteroatoms. The molecular weight excluding hydrogens is 374 g/mol. The van der Waals surface area contributed by atoms with Crippen molar-refractivity contribution < 1.29 is 9.72 Å². The number of thiophene rings is 1. The number of benzene rings is 1. The predicted molar refractivity (Wildman–Crippen MR) is 104 cm³/mol. The van der Waals surface area contributed by atoms with E-state index in [4.69, 9.17) is 0 Å². The van der Waals surface area contributed by atoms with Crippen molar-refractivity contribution in [1.29, 1.82) is 0 Å². The zero-order valence-corrected chi connectivity index (χ0v) is 15.9. The average molecular weight is 396 g/mol. The summed E-state index contributed by atoms with van der Waals surface area (Å²) in [5.41, 5.74) is 2.10. The van der Waals surface area contributed by atoms with Gasteiger partial charge < -0.3 is 5.32 Å². The van der Waals surface area contributed by atoms with E-state index in [0.717, 1.165) is 12.1 Å². The van der Waals surface area contributed by atoms with E-state index in [0.29, 0.717) is 19.5 Å². The van der Waals surface area contributed by atoms with Crippen LogP contribution in [0.2, 0.25) is 0 Å². The van der Waals surface area contributed by atoms with Crippen molar-refractivity contribution in [2.24, 2.45) is 0 Å². The number of nitro groups is 1. The Balaban J connectivity index is 0.00000243. The highest BCUT2D eigenvalue weighted by molar-refractivity contribution is 7.08. The lowest BCUT2D eigenvalue weighted by atomic mass is 9.93. The van der Waals surface area contributed by atoms with Crippen LogP contribution in [0.5, 0.6) is 0 Å². The van der Waals surface area contributed by atoms with E-state index in [1.54, 1.807) is 0 Å². The molecule has 0 saturated carbocycles. The van der Waals surface area contributed by atoms with Crippen LogP contribution in [0, 0.1) is 10.1 Å². The highest BCUT2D eigenvalue weighted by Crippen LogP contribution is 2.25. The molecule has 1 fully saturated rings. The number of amides is 1. The van der Waals surface area contributed by atoms with Gasteiger partial charge in [0.1, 0.15) is 0 Å². The number of carbonyl (C=O) groups excluding carboxylic acids is 1. The van der Waals surface area contributed by atoms with Crippen LogP contribution in [-0.2, 0) is 11.3 Å². The Bertz CT molecular complexity index is 712. The van der Waals surface area contributed by atoms with Crippen molar-refractivity contribution in [3.05, 3.63) is 68.4 Å². The van der Waals surface area contributed by atoms with Gasteiger partial charge in [0.05, 0.1) is 12.0 Å². The standard InChI is InChI=1S/C18H21N3O3S.ClH/c22-18-6-8-20(10-14-4-2-1-3-5-14)12-17(19-18)16(11-21(23)24)15-7-9-25-13-15;/h1-5,7,9,13,16-17H,6,8,10-12H2,(H,19,22);1H. The number of carbonyl (C=O) groups is 1. The number of hydrogen-bond acceptors (Lipinski definition) is 5. The van der Waals surface area contributed by atoms with Gasteiger partial charge in [-0.3, -0.25) is 19.8 Å². The molecule has 140 valence electrons. The molecule has 0 radical (unpaired) electrons. The van der Waals surface area contributed by atoms with Crippen LogP contribution in [0.4, 0.5) is 0 Å². The minimum Gasteiger partial charge on any atom is -0.351 e. The lowest BCUT2D eigenvalue weighted by molar-refractivity contribution is -0.484. The van der Waals surface area contributed by atoms with Crippen molar-refractivity contribution in [2.45, 2.75) is 24.9 Å². The van der Waals surface area contributed by atoms with Gasteiger partial charge in [0.25, 0.3) is 0 Å². The first-order valence-corrected chi connectivity index (χ1v) is 9.25. The van der Waals surface area contributed by atoms with E-state index in [1.807, 2.05) is 35.0 Å². The monoisotopic (exact) mass is 395 g/mol. The Morgan fingerprint density at radius 2 is 2.08 bits per heavy atom. The number of nitrogens with zero attached hydrogens (tertiary/aromatic N) is 2. The number of rotatable bonds is 6. The van der Waals surface area contributed by atoms with Gasteiger partial charge in [-0.15, -0.1) is 12.4 Å². The van der Waals surface area contributed by atoms with E-state index < -0.39 is 0 Å². The zero-order valence-electron chi connectivity index (χ0n) is 14.2. The molecule has 1 amide bonds. The summed E-state index contributed by atoms with van der Waals surface area (Å²) in [6.07, 6.45) is 0.415. The van der Waals surface area contributed by atoms with Crippen LogP contribution in [0.3, 0.4) is 0 Å². The van der Waals surface area contributed by atoms with Crippen molar-refractivity contribution >= 4 is 29.7 Å². The topological polar surface area (TPSA) is 75.5 Å². The highest BCUT2D eigenvalue weighted by Gasteiger charge is 2.33. The van der Waals surface area contributed by atoms with Crippen molar-refractivity contribution in [2.75, 3.05) is 19.6 Å². The van der Waals surface area contributed by atoms with Crippen LogP contribution in [0.1, 0.15) is 23.5 Å². The predicted octanol–water partition coefficient (Wildman–Crippen LogP) is 2.92. The Morgan fingerprint density at radius 1 is 1.31 bits per heavy atom. The molecule has 1 saturated heterocycles. The highest BCUT2D eigenvalue weighted by atomic mass is 35.5. The molecule has 0 aliphatic carbocycles. The van der Waals surface area contributed by atoms with E-state index >= 15 is 0 Å². The first-order valence-electron chi connectivity index (χ1n) is 8.31. The molecular formula is C18H22ClN3O3S. The molecule has 0 bridgehead atoms. The van der Waals surface area contributed by atoms with Crippen LogP contribution in [-0.4, -0.2) is 41.4 Å². The van der Waals surface area contributed by atoms with Gasteiger partial charge in [0.2, 0.25) is 12.5 Å². The van der Waals surface area contributed by atoms with Crippen LogP contribution in [0.15, 0.2) is 47.2 Å². The number of nitrogens with one attached hydrogen (secondary N) is 1. The molecule has 1 N–H and O–H groups in total. The fourth-order valence-electron chi connectivity index (χ4n) is 3.28. The number of halogens is 1. The molecule has 26 heavy (non-hydrogen) atoms. The SMILES string of the molecule is Cl.O=C1CCN(Cc2ccccc2)CC(C(C[N+](=O)[O-])c2ccsc2)N1. The van der Waals surface area contributed by atoms with Crippen molar-refractivity contribution in [3.63, 3.8) is 0 Å². The van der Waals surface area contributed by atoms with Crippen molar-refractivity contribution in [1.82, 2.24) is 10.2 Å². The smallest absolute Gasteiger partial charge is 0.221 e. The summed E-state index contributed by atoms with van der Waals surface area (Å²) >= 11 is 1.52. The first kappa shape index (κ1) is 20.4. The Kier molecular flexibility index (Phi) is 7.56. The molecule has 6 nitrogen and oxygen atoms in total. The lowest BCUT2D eigenvalue weighted by Crippen LogP contribution is -2.45. The summed E-state index contributed by atoms with van der Waals surface area (Å²) in [4.78, 5) is 25.2. The van der Waals surface area contributed by atoms with Gasteiger partial charge in [0.15, 0.2) is 0 Å². The maximum atomic E-state index is 12.1. The third-order valence-electron chi connectivity index (χ3n) is 4.51. The van der Waals surface area contributed by atoms with Crippen LogP contribution in [0.25, 0.3) is 0 Å². The summed E-state index contributed by atoms with van der Waals surface area (Å²) in [6, 6.07) is 11.7. The van der Waals surface area contributed by atoms with Gasteiger partial charge in [-0.1, -0.05) is 30.3 Å². The Hall–Kier alpha value is -1.96. The summed E-state index contributed by atoms with van der Waals surface area (Å²) < 4.78 is 0. The molecule has 1 aliphatic rings. The fraction of sp³-hybridized carbons (Fsp3) is 0.389. The lowest BCUT2D eigenvalue weighted by Gasteiger charge is -2.28. The van der Waals surface area contributed by atoms with E-state index in [2.05, 4.69) is 22.3 Å². The minimum atomic E-state index is -0.318. The van der Waals surface area contributed by atoms with Gasteiger partial charge in [-0.05, 0) is 28.0 Å². The molecule has 1 aromatic heterocycles. The van der Waals surface area contributed by atoms with E-state index in [1.165, 1.54) is 16.9 Å². The van der Waals surface area contributed by atoms with Gasteiger partial charge in [-0.2, -0.15) is 11.3 Å². The molecule has 2 aromatic rings. The van der Waals surface area contributed by atoms with E-state index in [-0.39, 0.29) is 41.7 Å². The molecule has 1 aliphatic heterocycles. The van der Waals surface area contributed by atoms with Crippen molar-refractivity contribution in [3.8, 4) is 0 Å². The summed E-state index contributed by atoms with van der Waals surface area (Å²) in [5.74, 6) is -0.356. The molecule has 0 spiro atoms. The molecule has 1 aromatic carbocycles. The maximum Gasteiger partial charge on any atom is 0.221 e. The second-order valence-electron chi connectivity index (χ2n) is 6.32. The molecule has 3 rings (SSSR count). The zero-order chi connectivity index (χ0) is 17.6. The Morgan fingerprint density at radius 3 is 2.73 bits per heavy atom. The fourth-order valence-corrected chi connectivity index (χ4v) is 4.00. The Labute approximate surface area is 162 Å². The quantitative estimate of drug-likeness (QED) is 0.602. The summed E-state index contributed by atoms with van der Waals surface area (Å²) in [7, 11) is 0. The molecule has 2 atom stereocenters. The first-order chi connectivity index (χ1) is 12.1. The normalized spacial score (nSPS) is 19.1. The summed E-state index contributed by atoms with van der Waals surface area (Å²) in [6.45, 7) is 1.82. The van der Waals surface area contributed by atoms with Gasteiger partial charge in [0, 0.05) is 31.0 Å².